The van der Waals surface area contributed by atoms with E-state index in [1.165, 1.54) is 5.56 Å². The molecule has 2 aromatic rings. The van der Waals surface area contributed by atoms with Gasteiger partial charge in [0.15, 0.2) is 0 Å². The molecule has 0 saturated heterocycles. The van der Waals surface area contributed by atoms with Crippen molar-refractivity contribution >= 4 is 10.9 Å². The number of hydrogen-bond donors (Lipinski definition) is 0. The Morgan fingerprint density at radius 1 is 1.22 bits per heavy atom. The molecule has 0 bridgehead atoms. The lowest BCUT2D eigenvalue weighted by Gasteiger charge is -2.11. The lowest BCUT2D eigenvalue weighted by atomic mass is 10.1. The summed E-state index contributed by atoms with van der Waals surface area (Å²) in [6, 6.07) is 8.07. The largest absolute Gasteiger partial charge is 0.493 e. The minimum Gasteiger partial charge on any atom is -0.493 e. The maximum absolute atomic E-state index is 5.67. The highest BCUT2D eigenvalue weighted by Gasteiger charge is 2.10. The third-order valence-corrected chi connectivity index (χ3v) is 2.89. The SMILES string of the molecule is CCCc1cccc2c(OCC)cc(OC)nc12. The highest BCUT2D eigenvalue weighted by Crippen LogP contribution is 2.30. The molecule has 1 aromatic carbocycles. The van der Waals surface area contributed by atoms with Crippen LogP contribution in [0.25, 0.3) is 10.9 Å². The molecule has 96 valence electrons. The van der Waals surface area contributed by atoms with E-state index in [2.05, 4.69) is 24.0 Å². The van der Waals surface area contributed by atoms with Crippen LogP contribution in [0.4, 0.5) is 0 Å². The molecule has 0 N–H and O–H groups in total. The summed E-state index contributed by atoms with van der Waals surface area (Å²) in [6.07, 6.45) is 2.12. The minimum absolute atomic E-state index is 0.606. The van der Waals surface area contributed by atoms with Crippen molar-refractivity contribution in [2.24, 2.45) is 0 Å². The predicted molar refractivity (Wildman–Crippen MR) is 73.5 cm³/mol. The monoisotopic (exact) mass is 245 g/mol. The van der Waals surface area contributed by atoms with Crippen LogP contribution in [-0.4, -0.2) is 18.7 Å². The van der Waals surface area contributed by atoms with Crippen molar-refractivity contribution in [3.8, 4) is 11.6 Å². The van der Waals surface area contributed by atoms with Gasteiger partial charge in [0.1, 0.15) is 5.75 Å². The summed E-state index contributed by atoms with van der Waals surface area (Å²) in [6.45, 7) is 4.79. The topological polar surface area (TPSA) is 31.4 Å². The van der Waals surface area contributed by atoms with Crippen molar-refractivity contribution in [3.05, 3.63) is 29.8 Å². The summed E-state index contributed by atoms with van der Waals surface area (Å²) in [5.74, 6) is 1.45. The maximum Gasteiger partial charge on any atom is 0.217 e. The zero-order chi connectivity index (χ0) is 13.0. The second kappa shape index (κ2) is 5.71. The molecule has 0 spiro atoms. The molecule has 0 aliphatic carbocycles. The summed E-state index contributed by atoms with van der Waals surface area (Å²) >= 11 is 0. The molecule has 0 unspecified atom stereocenters. The second-order valence-corrected chi connectivity index (χ2v) is 4.16. The van der Waals surface area contributed by atoms with Crippen molar-refractivity contribution in [1.82, 2.24) is 4.98 Å². The van der Waals surface area contributed by atoms with Crippen LogP contribution in [-0.2, 0) is 6.42 Å². The average molecular weight is 245 g/mol. The molecule has 3 heteroatoms. The Bertz CT molecular complexity index is 537. The number of hydrogen-bond acceptors (Lipinski definition) is 3. The van der Waals surface area contributed by atoms with E-state index in [4.69, 9.17) is 9.47 Å². The van der Waals surface area contributed by atoms with Crippen LogP contribution >= 0.6 is 0 Å². The number of pyridine rings is 1. The van der Waals surface area contributed by atoms with Crippen molar-refractivity contribution in [3.63, 3.8) is 0 Å². The first-order valence-electron chi connectivity index (χ1n) is 6.39. The van der Waals surface area contributed by atoms with Crippen LogP contribution in [0, 0.1) is 0 Å². The fourth-order valence-corrected chi connectivity index (χ4v) is 2.11. The third-order valence-electron chi connectivity index (χ3n) is 2.89. The molecule has 1 heterocycles. The summed E-state index contributed by atoms with van der Waals surface area (Å²) in [5.41, 5.74) is 2.23. The first kappa shape index (κ1) is 12.7. The number of methoxy groups -OCH3 is 1. The summed E-state index contributed by atoms with van der Waals surface area (Å²) in [5, 5.41) is 1.06. The number of rotatable bonds is 5. The Hall–Kier alpha value is -1.77. The summed E-state index contributed by atoms with van der Waals surface area (Å²) < 4.78 is 10.9. The first-order valence-corrected chi connectivity index (χ1v) is 6.39. The van der Waals surface area contributed by atoms with Gasteiger partial charge >= 0.3 is 0 Å². The van der Waals surface area contributed by atoms with Crippen LogP contribution in [0.15, 0.2) is 24.3 Å². The highest BCUT2D eigenvalue weighted by atomic mass is 16.5. The fourth-order valence-electron chi connectivity index (χ4n) is 2.11. The Morgan fingerprint density at radius 3 is 2.72 bits per heavy atom. The lowest BCUT2D eigenvalue weighted by Crippen LogP contribution is -1.98. The number of para-hydroxylation sites is 1. The summed E-state index contributed by atoms with van der Waals surface area (Å²) in [7, 11) is 1.63. The van der Waals surface area contributed by atoms with E-state index >= 15 is 0 Å². The molecule has 0 radical (unpaired) electrons. The normalized spacial score (nSPS) is 10.6. The Labute approximate surface area is 108 Å². The van der Waals surface area contributed by atoms with Gasteiger partial charge in [-0.15, -0.1) is 0 Å². The van der Waals surface area contributed by atoms with E-state index in [9.17, 15) is 0 Å². The summed E-state index contributed by atoms with van der Waals surface area (Å²) in [4.78, 5) is 4.55. The fraction of sp³-hybridized carbons (Fsp3) is 0.400. The number of aromatic nitrogens is 1. The van der Waals surface area contributed by atoms with Gasteiger partial charge in [-0.25, -0.2) is 4.98 Å². The molecule has 18 heavy (non-hydrogen) atoms. The minimum atomic E-state index is 0.606. The van der Waals surface area contributed by atoms with Gasteiger partial charge in [0.25, 0.3) is 0 Å². The quantitative estimate of drug-likeness (QED) is 0.806. The molecular formula is C15H19NO2. The maximum atomic E-state index is 5.67. The Morgan fingerprint density at radius 2 is 2.06 bits per heavy atom. The van der Waals surface area contributed by atoms with Crippen molar-refractivity contribution in [1.29, 1.82) is 0 Å². The molecule has 0 aliphatic rings. The van der Waals surface area contributed by atoms with Gasteiger partial charge in [-0.1, -0.05) is 25.5 Å². The van der Waals surface area contributed by atoms with E-state index in [1.807, 2.05) is 19.1 Å². The van der Waals surface area contributed by atoms with E-state index in [1.54, 1.807) is 7.11 Å². The predicted octanol–water partition coefficient (Wildman–Crippen LogP) is 3.59. The molecule has 0 atom stereocenters. The Balaban J connectivity index is 2.64. The third kappa shape index (κ3) is 2.40. The van der Waals surface area contributed by atoms with E-state index in [-0.39, 0.29) is 0 Å². The van der Waals surface area contributed by atoms with Gasteiger partial charge in [0, 0.05) is 11.5 Å². The molecule has 2 rings (SSSR count). The van der Waals surface area contributed by atoms with Gasteiger partial charge in [-0.3, -0.25) is 0 Å². The molecule has 0 fully saturated rings. The van der Waals surface area contributed by atoms with Crippen molar-refractivity contribution in [2.75, 3.05) is 13.7 Å². The van der Waals surface area contributed by atoms with E-state index < -0.39 is 0 Å². The molecule has 0 saturated carbocycles. The van der Waals surface area contributed by atoms with Crippen LogP contribution < -0.4 is 9.47 Å². The number of fused-ring (bicyclic) bond motifs is 1. The van der Waals surface area contributed by atoms with E-state index in [0.29, 0.717) is 12.5 Å². The van der Waals surface area contributed by atoms with Crippen LogP contribution in [0.3, 0.4) is 0 Å². The zero-order valence-corrected chi connectivity index (χ0v) is 11.2. The van der Waals surface area contributed by atoms with Crippen molar-refractivity contribution < 1.29 is 9.47 Å². The standard InChI is InChI=1S/C15H19NO2/c1-4-7-11-8-6-9-12-13(18-5-2)10-14(17-3)16-15(11)12/h6,8-10H,4-5,7H2,1-3H3. The van der Waals surface area contributed by atoms with Crippen LogP contribution in [0.2, 0.25) is 0 Å². The first-order chi connectivity index (χ1) is 8.80. The molecule has 1 aromatic heterocycles. The van der Waals surface area contributed by atoms with Crippen LogP contribution in [0.5, 0.6) is 11.6 Å². The van der Waals surface area contributed by atoms with Gasteiger partial charge in [-0.2, -0.15) is 0 Å². The molecule has 0 amide bonds. The highest BCUT2D eigenvalue weighted by molar-refractivity contribution is 5.88. The Kier molecular flexibility index (Phi) is 4.03. The molecule has 3 nitrogen and oxygen atoms in total. The van der Waals surface area contributed by atoms with Gasteiger partial charge < -0.3 is 9.47 Å². The number of nitrogens with zero attached hydrogens (tertiary/aromatic N) is 1. The van der Waals surface area contributed by atoms with Crippen LogP contribution in [0.1, 0.15) is 25.8 Å². The van der Waals surface area contributed by atoms with Gasteiger partial charge in [-0.05, 0) is 25.0 Å². The molecular weight excluding hydrogens is 226 g/mol. The van der Waals surface area contributed by atoms with Gasteiger partial charge in [0.2, 0.25) is 5.88 Å². The number of aryl methyl sites for hydroxylation is 1. The van der Waals surface area contributed by atoms with Gasteiger partial charge in [0.05, 0.1) is 19.2 Å². The van der Waals surface area contributed by atoms with Crippen molar-refractivity contribution in [2.45, 2.75) is 26.7 Å². The second-order valence-electron chi connectivity index (χ2n) is 4.16. The zero-order valence-electron chi connectivity index (χ0n) is 11.2. The number of ether oxygens (including phenoxy) is 2. The lowest BCUT2D eigenvalue weighted by molar-refractivity contribution is 0.338. The smallest absolute Gasteiger partial charge is 0.217 e. The average Bonchev–Trinajstić information content (AvgIpc) is 2.40. The molecule has 0 aliphatic heterocycles. The number of benzene rings is 1. The van der Waals surface area contributed by atoms with E-state index in [0.717, 1.165) is 29.5 Å².